The molecule has 61 heavy (non-hydrogen) atoms. The number of aromatic nitrogens is 1. The monoisotopic (exact) mass is 800 g/mol. The average Bonchev–Trinajstić information content (AvgIpc) is 3.98. The number of anilines is 2. The van der Waals surface area contributed by atoms with Crippen LogP contribution in [0.4, 0.5) is 11.4 Å². The highest BCUT2D eigenvalue weighted by molar-refractivity contribution is 7.25. The molecule has 0 spiro atoms. The van der Waals surface area contributed by atoms with E-state index in [1.54, 1.807) is 0 Å². The van der Waals surface area contributed by atoms with Crippen LogP contribution in [0.1, 0.15) is 56.9 Å². The fourth-order valence-electron chi connectivity index (χ4n) is 11.7. The normalized spacial score (nSPS) is 14.8. The molecule has 5 heteroatoms. The molecule has 0 atom stereocenters. The molecule has 1 aliphatic carbocycles. The summed E-state index contributed by atoms with van der Waals surface area (Å²) in [6, 6.07) is 53.4. The van der Waals surface area contributed by atoms with Crippen molar-refractivity contribution in [1.82, 2.24) is 4.57 Å². The molecule has 0 fully saturated rings. The summed E-state index contributed by atoms with van der Waals surface area (Å²) in [4.78, 5) is 2.70. The first kappa shape index (κ1) is 34.2. The molecule has 8 aromatic carbocycles. The van der Waals surface area contributed by atoms with Gasteiger partial charge in [0.15, 0.2) is 0 Å². The molecule has 11 aromatic rings. The molecule has 3 nitrogen and oxygen atoms in total. The van der Waals surface area contributed by atoms with Crippen LogP contribution in [-0.2, 0) is 10.8 Å². The third-order valence-electron chi connectivity index (χ3n) is 14.6. The van der Waals surface area contributed by atoms with Crippen LogP contribution in [-0.4, -0.2) is 11.4 Å². The van der Waals surface area contributed by atoms with Gasteiger partial charge in [-0.1, -0.05) is 120 Å². The van der Waals surface area contributed by atoms with Crippen LogP contribution in [0.2, 0.25) is 0 Å². The van der Waals surface area contributed by atoms with Crippen molar-refractivity contribution in [3.8, 4) is 27.9 Å². The van der Waals surface area contributed by atoms with Crippen molar-refractivity contribution in [3.05, 3.63) is 162 Å². The molecule has 5 heterocycles. The predicted molar refractivity (Wildman–Crippen MR) is 261 cm³/mol. The van der Waals surface area contributed by atoms with E-state index in [0.29, 0.717) is 0 Å². The molecule has 0 amide bonds. The summed E-state index contributed by atoms with van der Waals surface area (Å²) in [5, 5.41) is 7.50. The topological polar surface area (TPSA) is 21.3 Å². The van der Waals surface area contributed by atoms with Gasteiger partial charge in [-0.15, -0.1) is 11.3 Å². The summed E-state index contributed by atoms with van der Waals surface area (Å²) in [5.74, 6) is 0. The summed E-state index contributed by atoms with van der Waals surface area (Å²) >= 11 is 1.91. The second-order valence-corrected chi connectivity index (χ2v) is 20.4. The van der Waals surface area contributed by atoms with E-state index in [1.165, 1.54) is 114 Å². The van der Waals surface area contributed by atoms with E-state index in [1.807, 2.05) is 11.3 Å². The maximum absolute atomic E-state index is 6.61. The largest absolute Gasteiger partial charge is 0.456 e. The molecule has 0 unspecified atom stereocenters. The Balaban J connectivity index is 1.18. The maximum atomic E-state index is 6.61. The van der Waals surface area contributed by atoms with E-state index in [2.05, 4.69) is 190 Å². The van der Waals surface area contributed by atoms with Gasteiger partial charge in [-0.05, 0) is 117 Å². The molecule has 290 valence electrons. The fourth-order valence-corrected chi connectivity index (χ4v) is 12.8. The Morgan fingerprint density at radius 1 is 0.590 bits per heavy atom. The average molecular weight is 801 g/mol. The van der Waals surface area contributed by atoms with E-state index < -0.39 is 0 Å². The minimum absolute atomic E-state index is 0.0421. The number of aryl methyl sites for hydroxylation is 1. The summed E-state index contributed by atoms with van der Waals surface area (Å²) in [6.45, 7) is 14.0. The second-order valence-electron chi connectivity index (χ2n) is 19.3. The van der Waals surface area contributed by atoms with Crippen molar-refractivity contribution in [3.63, 3.8) is 0 Å². The molecule has 0 N–H and O–H groups in total. The lowest BCUT2D eigenvalue weighted by Gasteiger charge is -2.42. The van der Waals surface area contributed by atoms with Gasteiger partial charge >= 0.3 is 6.85 Å². The zero-order valence-corrected chi connectivity index (χ0v) is 35.9. The van der Waals surface area contributed by atoms with Crippen molar-refractivity contribution in [2.75, 3.05) is 4.81 Å². The number of hydrogen-bond acceptors (Lipinski definition) is 3. The van der Waals surface area contributed by atoms with Crippen LogP contribution in [0, 0.1) is 6.92 Å². The second kappa shape index (κ2) is 11.2. The molecular weight excluding hydrogens is 760 g/mol. The van der Waals surface area contributed by atoms with Crippen molar-refractivity contribution in [2.24, 2.45) is 0 Å². The van der Waals surface area contributed by atoms with Crippen LogP contribution in [0.25, 0.3) is 91.9 Å². The predicted octanol–water partition coefficient (Wildman–Crippen LogP) is 14.2. The first-order chi connectivity index (χ1) is 29.5. The first-order valence-corrected chi connectivity index (χ1v) is 22.4. The Kier molecular flexibility index (Phi) is 6.29. The Morgan fingerprint density at radius 2 is 1.36 bits per heavy atom. The van der Waals surface area contributed by atoms with Crippen LogP contribution in [0.5, 0.6) is 0 Å². The van der Waals surface area contributed by atoms with E-state index in [-0.39, 0.29) is 17.7 Å². The fraction of sp³-hybridized carbons (Fsp3) is 0.143. The summed E-state index contributed by atoms with van der Waals surface area (Å²) in [7, 11) is 0. The summed E-state index contributed by atoms with van der Waals surface area (Å²) in [6.07, 6.45) is 0. The summed E-state index contributed by atoms with van der Waals surface area (Å²) < 4.78 is 11.9. The van der Waals surface area contributed by atoms with Crippen LogP contribution in [0.15, 0.2) is 144 Å². The van der Waals surface area contributed by atoms with E-state index in [0.717, 1.165) is 21.9 Å². The van der Waals surface area contributed by atoms with E-state index >= 15 is 0 Å². The van der Waals surface area contributed by atoms with Gasteiger partial charge in [-0.2, -0.15) is 0 Å². The van der Waals surface area contributed by atoms with Gasteiger partial charge in [0, 0.05) is 69.8 Å². The minimum Gasteiger partial charge on any atom is -0.456 e. The van der Waals surface area contributed by atoms with Crippen LogP contribution < -0.4 is 15.7 Å². The maximum Gasteiger partial charge on any atom is 0.333 e. The highest BCUT2D eigenvalue weighted by Gasteiger charge is 2.47. The van der Waals surface area contributed by atoms with Crippen molar-refractivity contribution in [1.29, 1.82) is 0 Å². The number of furan rings is 1. The number of hydrogen-bond donors (Lipinski definition) is 0. The molecule has 0 saturated carbocycles. The van der Waals surface area contributed by atoms with Crippen LogP contribution in [0.3, 0.4) is 0 Å². The highest BCUT2D eigenvalue weighted by Crippen LogP contribution is 2.53. The van der Waals surface area contributed by atoms with Gasteiger partial charge in [-0.3, -0.25) is 0 Å². The highest BCUT2D eigenvalue weighted by atomic mass is 32.1. The zero-order valence-electron chi connectivity index (χ0n) is 35.1. The molecular formula is C56H41BN2OS. The number of thiophene rings is 1. The first-order valence-electron chi connectivity index (χ1n) is 21.6. The third kappa shape index (κ3) is 4.25. The van der Waals surface area contributed by atoms with Gasteiger partial charge in [0.2, 0.25) is 0 Å². The molecule has 14 rings (SSSR count). The summed E-state index contributed by atoms with van der Waals surface area (Å²) in [5.41, 5.74) is 21.5. The SMILES string of the molecule is Cc1cc2c3c4c1c1cc5oc6ccccc6c5cc1n4-c1cc4c(cc1B3N(c1ccc(C(C)(C)C)cc1)c1cc3c(cc1-2)sc1ccccc13)C(C)(C)c1ccccc1-4. The van der Waals surface area contributed by atoms with Crippen molar-refractivity contribution < 1.29 is 4.42 Å². The van der Waals surface area contributed by atoms with Gasteiger partial charge < -0.3 is 13.8 Å². The quantitative estimate of drug-likeness (QED) is 0.154. The lowest BCUT2D eigenvalue weighted by Crippen LogP contribution is -2.60. The zero-order chi connectivity index (χ0) is 40.8. The lowest BCUT2D eigenvalue weighted by atomic mass is 9.43. The number of para-hydroxylation sites is 1. The van der Waals surface area contributed by atoms with Gasteiger partial charge in [-0.25, -0.2) is 0 Å². The smallest absolute Gasteiger partial charge is 0.333 e. The minimum atomic E-state index is -0.152. The number of nitrogens with zero attached hydrogens (tertiary/aromatic N) is 2. The Labute approximate surface area is 358 Å². The Morgan fingerprint density at radius 3 is 2.20 bits per heavy atom. The standard InChI is InChI=1S/C56H41BN2OS/c1-30-23-40-37-28-51-39(35-15-9-12-18-50(35)61-51)26-46(37)59(32-21-19-31(20-22-32)55(2,3)4)57-44-29-43-36(33-13-7-10-16-42(33)56(43,5)6)24-47(44)58-45-25-38-34-14-8-11-17-48(34)60-49(38)27-41(45)52(30)54(58)53(40)57/h7-29H,1-6H3. The molecule has 2 aliphatic heterocycles. The third-order valence-corrected chi connectivity index (χ3v) is 15.8. The Bertz CT molecular complexity index is 3800. The van der Waals surface area contributed by atoms with E-state index in [4.69, 9.17) is 4.42 Å². The number of benzene rings is 8. The molecule has 3 aliphatic rings. The molecule has 3 aromatic heterocycles. The van der Waals surface area contributed by atoms with Crippen molar-refractivity contribution >= 4 is 104 Å². The Hall–Kier alpha value is -6.56. The molecule has 0 saturated heterocycles. The molecule has 0 bridgehead atoms. The molecule has 0 radical (unpaired) electrons. The van der Waals surface area contributed by atoms with Crippen LogP contribution >= 0.6 is 11.3 Å². The number of rotatable bonds is 1. The number of fused-ring (bicyclic) bond motifs is 17. The van der Waals surface area contributed by atoms with E-state index in [9.17, 15) is 0 Å². The van der Waals surface area contributed by atoms with Crippen molar-refractivity contribution in [2.45, 2.75) is 52.4 Å². The van der Waals surface area contributed by atoms with Gasteiger partial charge in [0.25, 0.3) is 0 Å². The van der Waals surface area contributed by atoms with Gasteiger partial charge in [0.05, 0.1) is 11.0 Å². The van der Waals surface area contributed by atoms with Gasteiger partial charge in [0.1, 0.15) is 11.2 Å². The lowest BCUT2D eigenvalue weighted by molar-refractivity contribution is 0.590.